The van der Waals surface area contributed by atoms with Gasteiger partial charge in [-0.2, -0.15) is 0 Å². The number of para-hydroxylation sites is 2. The molecular formula is C22H19ClN2O4. The molecule has 2 aromatic carbocycles. The van der Waals surface area contributed by atoms with Gasteiger partial charge >= 0.3 is 5.97 Å². The Morgan fingerprint density at radius 2 is 1.86 bits per heavy atom. The number of aromatic amines is 1. The number of aryl methyl sites for hydroxylation is 1. The van der Waals surface area contributed by atoms with Crippen LogP contribution in [0, 0.1) is 6.92 Å². The van der Waals surface area contributed by atoms with Crippen LogP contribution in [0.3, 0.4) is 0 Å². The minimum absolute atomic E-state index is 0.256. The van der Waals surface area contributed by atoms with Crippen molar-refractivity contribution in [2.45, 2.75) is 12.8 Å². The molecule has 1 aromatic heterocycles. The van der Waals surface area contributed by atoms with Crippen LogP contribution >= 0.6 is 11.6 Å². The largest absolute Gasteiger partial charge is 0.496 e. The molecule has 29 heavy (non-hydrogen) atoms. The van der Waals surface area contributed by atoms with Gasteiger partial charge in [0.2, 0.25) is 5.91 Å². The van der Waals surface area contributed by atoms with Crippen molar-refractivity contribution in [3.63, 3.8) is 0 Å². The van der Waals surface area contributed by atoms with Crippen molar-refractivity contribution in [1.29, 1.82) is 0 Å². The number of amides is 1. The quantitative estimate of drug-likeness (QED) is 0.619. The van der Waals surface area contributed by atoms with Crippen molar-refractivity contribution >= 4 is 29.2 Å². The second-order valence-corrected chi connectivity index (χ2v) is 7.14. The number of aromatic nitrogens is 1. The summed E-state index contributed by atoms with van der Waals surface area (Å²) >= 11 is 6.29. The second-order valence-electron chi connectivity index (χ2n) is 6.73. The van der Waals surface area contributed by atoms with E-state index in [0.29, 0.717) is 44.5 Å². The summed E-state index contributed by atoms with van der Waals surface area (Å²) in [6, 6.07) is 12.8. The van der Waals surface area contributed by atoms with E-state index in [1.807, 2.05) is 30.3 Å². The summed E-state index contributed by atoms with van der Waals surface area (Å²) < 4.78 is 10.5. The van der Waals surface area contributed by atoms with Crippen molar-refractivity contribution in [3.8, 4) is 17.0 Å². The van der Waals surface area contributed by atoms with Gasteiger partial charge in [-0.05, 0) is 30.7 Å². The molecule has 1 atom stereocenters. The third kappa shape index (κ3) is 2.96. The molecule has 0 aliphatic carbocycles. The summed E-state index contributed by atoms with van der Waals surface area (Å²) in [4.78, 5) is 29.0. The van der Waals surface area contributed by atoms with Crippen molar-refractivity contribution in [1.82, 2.24) is 4.98 Å². The molecule has 148 valence electrons. The number of fused-ring (bicyclic) bond motifs is 1. The number of hydrogen-bond donors (Lipinski definition) is 2. The number of benzene rings is 2. The maximum Gasteiger partial charge on any atom is 0.340 e. The molecule has 0 bridgehead atoms. The van der Waals surface area contributed by atoms with Gasteiger partial charge < -0.3 is 19.8 Å². The molecular weight excluding hydrogens is 392 g/mol. The SMILES string of the molecule is COC(=O)c1c(C)[nH]c(-c2ccccc2OC)c1C1C(=O)Nc2c(Cl)cccc21. The minimum Gasteiger partial charge on any atom is -0.496 e. The Hall–Kier alpha value is -3.25. The number of carbonyl (C=O) groups excluding carboxylic acids is 2. The van der Waals surface area contributed by atoms with Crippen LogP contribution in [0.2, 0.25) is 5.02 Å². The molecule has 2 N–H and O–H groups in total. The van der Waals surface area contributed by atoms with Gasteiger partial charge in [-0.3, -0.25) is 4.79 Å². The lowest BCUT2D eigenvalue weighted by Crippen LogP contribution is -2.17. The Kier molecular flexibility index (Phi) is 4.80. The van der Waals surface area contributed by atoms with E-state index >= 15 is 0 Å². The Labute approximate surface area is 172 Å². The maximum atomic E-state index is 13.0. The Balaban J connectivity index is 2.04. The van der Waals surface area contributed by atoms with Gasteiger partial charge in [0.05, 0.1) is 42.1 Å². The summed E-state index contributed by atoms with van der Waals surface area (Å²) in [5.41, 5.74) is 4.13. The fraction of sp³-hybridized carbons (Fsp3) is 0.182. The van der Waals surface area contributed by atoms with Crippen LogP contribution in [-0.4, -0.2) is 31.1 Å². The number of methoxy groups -OCH3 is 2. The number of rotatable bonds is 4. The van der Waals surface area contributed by atoms with Gasteiger partial charge in [0.1, 0.15) is 5.75 Å². The highest BCUT2D eigenvalue weighted by Crippen LogP contribution is 2.47. The molecule has 0 saturated carbocycles. The lowest BCUT2D eigenvalue weighted by atomic mass is 9.87. The fourth-order valence-electron chi connectivity index (χ4n) is 3.90. The lowest BCUT2D eigenvalue weighted by molar-refractivity contribution is -0.116. The van der Waals surface area contributed by atoms with Crippen LogP contribution in [0.4, 0.5) is 5.69 Å². The van der Waals surface area contributed by atoms with Gasteiger partial charge in [0, 0.05) is 16.8 Å². The molecule has 4 rings (SSSR count). The third-order valence-electron chi connectivity index (χ3n) is 5.15. The topological polar surface area (TPSA) is 80.4 Å². The second kappa shape index (κ2) is 7.29. The molecule has 1 amide bonds. The molecule has 7 heteroatoms. The van der Waals surface area contributed by atoms with Crippen molar-refractivity contribution in [2.24, 2.45) is 0 Å². The predicted molar refractivity (Wildman–Crippen MR) is 111 cm³/mol. The summed E-state index contributed by atoms with van der Waals surface area (Å²) in [7, 11) is 2.90. The van der Waals surface area contributed by atoms with Crippen molar-refractivity contribution in [2.75, 3.05) is 19.5 Å². The van der Waals surface area contributed by atoms with Crippen molar-refractivity contribution in [3.05, 3.63) is 69.9 Å². The first-order valence-corrected chi connectivity index (χ1v) is 9.39. The molecule has 0 fully saturated rings. The molecule has 0 spiro atoms. The number of ether oxygens (including phenoxy) is 2. The van der Waals surface area contributed by atoms with Crippen LogP contribution in [-0.2, 0) is 9.53 Å². The molecule has 1 aliphatic heterocycles. The fourth-order valence-corrected chi connectivity index (χ4v) is 4.13. The summed E-state index contributed by atoms with van der Waals surface area (Å²) in [6.07, 6.45) is 0. The smallest absolute Gasteiger partial charge is 0.340 e. The van der Waals surface area contributed by atoms with E-state index in [2.05, 4.69) is 10.3 Å². The first-order valence-electron chi connectivity index (χ1n) is 9.01. The molecule has 3 aromatic rings. The Morgan fingerprint density at radius 1 is 1.10 bits per heavy atom. The number of esters is 1. The normalized spacial score (nSPS) is 15.0. The zero-order valence-electron chi connectivity index (χ0n) is 16.1. The van der Waals surface area contributed by atoms with Crippen LogP contribution in [0.5, 0.6) is 5.75 Å². The minimum atomic E-state index is -0.720. The first kappa shape index (κ1) is 19.1. The van der Waals surface area contributed by atoms with Crippen LogP contribution in [0.1, 0.15) is 33.1 Å². The van der Waals surface area contributed by atoms with Gasteiger partial charge in [0.15, 0.2) is 0 Å². The molecule has 1 unspecified atom stereocenters. The van der Waals surface area contributed by atoms with Crippen LogP contribution < -0.4 is 10.1 Å². The van der Waals surface area contributed by atoms with E-state index < -0.39 is 11.9 Å². The van der Waals surface area contributed by atoms with Gasteiger partial charge in [-0.15, -0.1) is 0 Å². The summed E-state index contributed by atoms with van der Waals surface area (Å²) in [5, 5.41) is 3.30. The van der Waals surface area contributed by atoms with E-state index in [1.165, 1.54) is 7.11 Å². The van der Waals surface area contributed by atoms with Gasteiger partial charge in [-0.25, -0.2) is 4.79 Å². The lowest BCUT2D eigenvalue weighted by Gasteiger charge is -2.15. The van der Waals surface area contributed by atoms with Gasteiger partial charge in [-0.1, -0.05) is 35.9 Å². The number of halogens is 1. The third-order valence-corrected chi connectivity index (χ3v) is 5.46. The number of hydrogen-bond acceptors (Lipinski definition) is 4. The van der Waals surface area contributed by atoms with Gasteiger partial charge in [0.25, 0.3) is 0 Å². The summed E-state index contributed by atoms with van der Waals surface area (Å²) in [6.45, 7) is 1.78. The Bertz CT molecular complexity index is 1140. The molecule has 1 aliphatic rings. The zero-order chi connectivity index (χ0) is 20.7. The number of H-pyrrole nitrogens is 1. The van der Waals surface area contributed by atoms with E-state index in [0.717, 1.165) is 5.56 Å². The summed E-state index contributed by atoms with van der Waals surface area (Å²) in [5.74, 6) is -0.870. The highest BCUT2D eigenvalue weighted by atomic mass is 35.5. The maximum absolute atomic E-state index is 13.0. The highest BCUT2D eigenvalue weighted by Gasteiger charge is 2.39. The molecule has 2 heterocycles. The van der Waals surface area contributed by atoms with E-state index in [9.17, 15) is 9.59 Å². The molecule has 6 nitrogen and oxygen atoms in total. The average Bonchev–Trinajstić information content (AvgIpc) is 3.24. The first-order chi connectivity index (χ1) is 14.0. The predicted octanol–water partition coefficient (Wildman–Crippen LogP) is 4.52. The van der Waals surface area contributed by atoms with Crippen molar-refractivity contribution < 1.29 is 19.1 Å². The molecule has 0 saturated heterocycles. The Morgan fingerprint density at radius 3 is 2.59 bits per heavy atom. The standard InChI is InChI=1S/C22H19ClN2O4/c1-11-16(22(27)29-3)18(20(24-11)12-7-4-5-10-15(12)28-2)17-13-8-6-9-14(23)19(13)25-21(17)26/h4-10,17,24H,1-3H3,(H,25,26). The average molecular weight is 411 g/mol. The zero-order valence-corrected chi connectivity index (χ0v) is 16.9. The number of nitrogens with one attached hydrogen (secondary N) is 2. The van der Waals surface area contributed by atoms with E-state index in [4.69, 9.17) is 21.1 Å². The van der Waals surface area contributed by atoms with Crippen LogP contribution in [0.25, 0.3) is 11.3 Å². The molecule has 0 radical (unpaired) electrons. The monoisotopic (exact) mass is 410 g/mol. The number of anilines is 1. The van der Waals surface area contributed by atoms with E-state index in [1.54, 1.807) is 26.2 Å². The number of carbonyl (C=O) groups is 2. The highest BCUT2D eigenvalue weighted by molar-refractivity contribution is 6.34. The van der Waals surface area contributed by atoms with Crippen LogP contribution in [0.15, 0.2) is 42.5 Å². The van der Waals surface area contributed by atoms with E-state index in [-0.39, 0.29) is 5.91 Å².